The van der Waals surface area contributed by atoms with Gasteiger partial charge in [-0.2, -0.15) is 0 Å². The van der Waals surface area contributed by atoms with E-state index in [2.05, 4.69) is 41.7 Å². The summed E-state index contributed by atoms with van der Waals surface area (Å²) in [5.74, 6) is -0.162. The van der Waals surface area contributed by atoms with Gasteiger partial charge in [0.05, 0.1) is 23.1 Å². The number of nitrogens with one attached hydrogen (secondary N) is 1. The summed E-state index contributed by atoms with van der Waals surface area (Å²) in [4.78, 5) is 26.2. The van der Waals surface area contributed by atoms with Crippen molar-refractivity contribution in [3.8, 4) is 21.6 Å². The summed E-state index contributed by atoms with van der Waals surface area (Å²) in [7, 11) is 1.44. The lowest BCUT2D eigenvalue weighted by molar-refractivity contribution is -0.143. The van der Waals surface area contributed by atoms with E-state index in [0.717, 1.165) is 61.3 Å². The Labute approximate surface area is 247 Å². The van der Waals surface area contributed by atoms with E-state index in [4.69, 9.17) is 21.1 Å². The van der Waals surface area contributed by atoms with Crippen molar-refractivity contribution in [1.29, 1.82) is 0 Å². The molecule has 1 aromatic heterocycles. The van der Waals surface area contributed by atoms with Crippen molar-refractivity contribution < 1.29 is 19.1 Å². The summed E-state index contributed by atoms with van der Waals surface area (Å²) < 4.78 is 11.8. The van der Waals surface area contributed by atoms with Crippen molar-refractivity contribution in [2.24, 2.45) is 0 Å². The van der Waals surface area contributed by atoms with E-state index in [1.807, 2.05) is 54.6 Å². The molecule has 206 valence electrons. The second kappa shape index (κ2) is 11.0. The highest BCUT2D eigenvalue weighted by molar-refractivity contribution is 7.23. The van der Waals surface area contributed by atoms with Gasteiger partial charge in [0.15, 0.2) is 0 Å². The Hall–Kier alpha value is -4.13. The number of anilines is 1. The fourth-order valence-corrected chi connectivity index (χ4v) is 6.71. The minimum atomic E-state index is -0.542. The molecule has 1 fully saturated rings. The van der Waals surface area contributed by atoms with Crippen LogP contribution in [0.2, 0.25) is 5.02 Å². The minimum absolute atomic E-state index is 0.162. The third-order valence-electron chi connectivity index (χ3n) is 7.69. The molecule has 0 bridgehead atoms. The number of fused-ring (bicyclic) bond motifs is 1. The SMILES string of the molecule is COC(=O)C1(c2ccc(-c3ccc(-c4sc5ccccc5c4NC(=O)O[C@H](C)c4ccccc4Cl)cc3)cc2)CC1. The molecule has 0 radical (unpaired) electrons. The summed E-state index contributed by atoms with van der Waals surface area (Å²) in [5.41, 5.74) is 5.11. The lowest BCUT2D eigenvalue weighted by Gasteiger charge is -2.16. The predicted octanol–water partition coefficient (Wildman–Crippen LogP) is 9.40. The van der Waals surface area contributed by atoms with Crippen LogP contribution in [0.5, 0.6) is 0 Å². The molecule has 1 amide bonds. The molecule has 5 aromatic rings. The number of amides is 1. The Morgan fingerprint density at radius 3 is 2.12 bits per heavy atom. The number of hydrogen-bond acceptors (Lipinski definition) is 5. The number of ether oxygens (including phenoxy) is 2. The molecule has 6 rings (SSSR count). The van der Waals surface area contributed by atoms with Crippen molar-refractivity contribution in [2.75, 3.05) is 12.4 Å². The summed E-state index contributed by atoms with van der Waals surface area (Å²) in [5, 5.41) is 4.52. The smallest absolute Gasteiger partial charge is 0.412 e. The number of carbonyl (C=O) groups excluding carboxylic acids is 2. The second-order valence-corrected chi connectivity index (χ2v) is 11.7. The zero-order chi connectivity index (χ0) is 28.6. The summed E-state index contributed by atoms with van der Waals surface area (Å²) in [6.07, 6.45) is 0.599. The van der Waals surface area contributed by atoms with Gasteiger partial charge in [0.1, 0.15) is 6.10 Å². The fraction of sp³-hybridized carbons (Fsp3) is 0.176. The predicted molar refractivity (Wildman–Crippen MR) is 166 cm³/mol. The van der Waals surface area contributed by atoms with Crippen LogP contribution in [0.3, 0.4) is 0 Å². The molecule has 0 saturated heterocycles. The number of methoxy groups -OCH3 is 1. The van der Waals surface area contributed by atoms with Crippen molar-refractivity contribution in [1.82, 2.24) is 0 Å². The topological polar surface area (TPSA) is 64.6 Å². The van der Waals surface area contributed by atoms with E-state index in [-0.39, 0.29) is 5.97 Å². The zero-order valence-electron chi connectivity index (χ0n) is 22.6. The number of benzene rings is 4. The van der Waals surface area contributed by atoms with E-state index >= 15 is 0 Å². The van der Waals surface area contributed by atoms with Crippen LogP contribution in [0.25, 0.3) is 31.7 Å². The Bertz CT molecular complexity index is 1740. The average Bonchev–Trinajstić information content (AvgIpc) is 3.74. The van der Waals surface area contributed by atoms with Crippen LogP contribution < -0.4 is 5.32 Å². The van der Waals surface area contributed by atoms with Gasteiger partial charge in [-0.3, -0.25) is 10.1 Å². The highest BCUT2D eigenvalue weighted by Crippen LogP contribution is 2.49. The van der Waals surface area contributed by atoms with Gasteiger partial charge in [-0.15, -0.1) is 11.3 Å². The van der Waals surface area contributed by atoms with Crippen molar-refractivity contribution in [3.05, 3.63) is 113 Å². The standard InChI is InChI=1S/C34H28ClNO4S/c1-21(26-7-3-5-9-28(26)35)40-33(38)36-30-27-8-4-6-10-29(27)41-31(30)24-13-11-22(12-14-24)23-15-17-25(18-16-23)34(19-20-34)32(37)39-2/h3-18,21H,19-20H2,1-2H3,(H,36,38)/t21-/m1/s1. The molecule has 1 aliphatic rings. The average molecular weight is 582 g/mol. The first-order chi connectivity index (χ1) is 19.9. The van der Waals surface area contributed by atoms with E-state index in [1.165, 1.54) is 7.11 Å². The second-order valence-electron chi connectivity index (χ2n) is 10.2. The molecule has 5 nitrogen and oxygen atoms in total. The molecule has 4 aromatic carbocycles. The largest absolute Gasteiger partial charge is 0.468 e. The molecular weight excluding hydrogens is 554 g/mol. The molecule has 1 N–H and O–H groups in total. The normalized spacial score (nSPS) is 14.3. The van der Waals surface area contributed by atoms with Crippen LogP contribution in [-0.2, 0) is 19.7 Å². The van der Waals surface area contributed by atoms with E-state index in [9.17, 15) is 9.59 Å². The molecule has 7 heteroatoms. The fourth-order valence-electron chi connectivity index (χ4n) is 5.26. The Kier molecular flexibility index (Phi) is 7.28. The summed E-state index contributed by atoms with van der Waals surface area (Å²) >= 11 is 7.93. The summed E-state index contributed by atoms with van der Waals surface area (Å²) in [6, 6.07) is 31.8. The lowest BCUT2D eigenvalue weighted by Crippen LogP contribution is -2.21. The summed E-state index contributed by atoms with van der Waals surface area (Å²) in [6.45, 7) is 1.80. The molecule has 0 aliphatic heterocycles. The molecule has 41 heavy (non-hydrogen) atoms. The Morgan fingerprint density at radius 1 is 0.854 bits per heavy atom. The van der Waals surface area contributed by atoms with Gasteiger partial charge in [0, 0.05) is 20.7 Å². The highest BCUT2D eigenvalue weighted by atomic mass is 35.5. The van der Waals surface area contributed by atoms with Crippen molar-refractivity contribution in [3.63, 3.8) is 0 Å². The first-order valence-corrected chi connectivity index (χ1v) is 14.6. The first-order valence-electron chi connectivity index (χ1n) is 13.4. The maximum atomic E-state index is 13.0. The monoisotopic (exact) mass is 581 g/mol. The number of rotatable bonds is 7. The molecule has 0 spiro atoms. The van der Waals surface area contributed by atoms with Crippen LogP contribution in [0.15, 0.2) is 97.1 Å². The number of carbonyl (C=O) groups is 2. The highest BCUT2D eigenvalue weighted by Gasteiger charge is 2.52. The lowest BCUT2D eigenvalue weighted by atomic mass is 9.93. The number of thiophene rings is 1. The Balaban J connectivity index is 1.25. The molecule has 0 unspecified atom stereocenters. The first kappa shape index (κ1) is 27.1. The van der Waals surface area contributed by atoms with E-state index in [1.54, 1.807) is 24.3 Å². The molecule has 1 saturated carbocycles. The Morgan fingerprint density at radius 2 is 1.46 bits per heavy atom. The molecule has 1 heterocycles. The molecule has 1 atom stereocenters. The third kappa shape index (κ3) is 5.21. The quantitative estimate of drug-likeness (QED) is 0.194. The van der Waals surface area contributed by atoms with Gasteiger partial charge in [0.25, 0.3) is 0 Å². The van der Waals surface area contributed by atoms with Crippen LogP contribution in [-0.4, -0.2) is 19.2 Å². The molecular formula is C34H28ClNO4S. The molecule has 1 aliphatic carbocycles. The van der Waals surface area contributed by atoms with E-state index in [0.29, 0.717) is 5.02 Å². The van der Waals surface area contributed by atoms with E-state index < -0.39 is 17.6 Å². The van der Waals surface area contributed by atoms with Gasteiger partial charge < -0.3 is 9.47 Å². The van der Waals surface area contributed by atoms with Gasteiger partial charge in [-0.25, -0.2) is 4.79 Å². The number of halogens is 1. The number of hydrogen-bond donors (Lipinski definition) is 1. The van der Waals surface area contributed by atoms with Crippen molar-refractivity contribution >= 4 is 50.8 Å². The van der Waals surface area contributed by atoms with Crippen LogP contribution >= 0.6 is 22.9 Å². The third-order valence-corrected chi connectivity index (χ3v) is 9.26. The van der Waals surface area contributed by atoms with Gasteiger partial charge in [-0.1, -0.05) is 96.5 Å². The van der Waals surface area contributed by atoms with Crippen LogP contribution in [0.4, 0.5) is 10.5 Å². The van der Waals surface area contributed by atoms with Gasteiger partial charge >= 0.3 is 12.1 Å². The number of esters is 1. The van der Waals surface area contributed by atoms with Gasteiger partial charge in [0.2, 0.25) is 0 Å². The van der Waals surface area contributed by atoms with Crippen molar-refractivity contribution in [2.45, 2.75) is 31.3 Å². The minimum Gasteiger partial charge on any atom is -0.468 e. The van der Waals surface area contributed by atoms with Crippen LogP contribution in [0.1, 0.15) is 37.0 Å². The maximum absolute atomic E-state index is 13.0. The van der Waals surface area contributed by atoms with Gasteiger partial charge in [-0.05, 0) is 54.2 Å². The van der Waals surface area contributed by atoms with Crippen LogP contribution in [0, 0.1) is 0 Å². The maximum Gasteiger partial charge on any atom is 0.412 e. The zero-order valence-corrected chi connectivity index (χ0v) is 24.2.